The second kappa shape index (κ2) is 9.34. The van der Waals surface area contributed by atoms with Gasteiger partial charge in [-0.3, -0.25) is 0 Å². The van der Waals surface area contributed by atoms with Crippen molar-refractivity contribution in [1.82, 2.24) is 0 Å². The Morgan fingerprint density at radius 3 is 2.52 bits per heavy atom. The molecule has 25 heavy (non-hydrogen) atoms. The Kier molecular flexibility index (Phi) is 7.49. The molecule has 0 radical (unpaired) electrons. The first kappa shape index (κ1) is 20.1. The maximum Gasteiger partial charge on any atom is 0.0728 e. The van der Waals surface area contributed by atoms with Gasteiger partial charge in [-0.1, -0.05) is 56.5 Å². The summed E-state index contributed by atoms with van der Waals surface area (Å²) >= 11 is 0. The predicted molar refractivity (Wildman–Crippen MR) is 107 cm³/mol. The van der Waals surface area contributed by atoms with Gasteiger partial charge in [-0.2, -0.15) is 5.26 Å². The van der Waals surface area contributed by atoms with Gasteiger partial charge in [0.05, 0.1) is 11.5 Å². The third-order valence-corrected chi connectivity index (χ3v) is 4.18. The van der Waals surface area contributed by atoms with Gasteiger partial charge in [0, 0.05) is 17.3 Å². The largest absolute Gasteiger partial charge is 0.399 e. The minimum atomic E-state index is -0.495. The second-order valence-corrected chi connectivity index (χ2v) is 6.19. The van der Waals surface area contributed by atoms with Crippen molar-refractivity contribution in [2.24, 2.45) is 11.1 Å². The summed E-state index contributed by atoms with van der Waals surface area (Å²) in [5, 5.41) is 9.32. The van der Waals surface area contributed by atoms with Gasteiger partial charge < -0.3 is 11.5 Å². The third kappa shape index (κ3) is 6.19. The van der Waals surface area contributed by atoms with Crippen LogP contribution in [0.3, 0.4) is 0 Å². The van der Waals surface area contributed by atoms with Crippen LogP contribution < -0.4 is 11.5 Å². The number of allylic oxidation sites excluding steroid dienone is 7. The molecule has 0 amide bonds. The van der Waals surface area contributed by atoms with Crippen molar-refractivity contribution in [3.05, 3.63) is 90.7 Å². The molecule has 0 aliphatic heterocycles. The van der Waals surface area contributed by atoms with E-state index in [1.807, 2.05) is 62.4 Å². The zero-order chi connectivity index (χ0) is 18.9. The summed E-state index contributed by atoms with van der Waals surface area (Å²) in [6, 6.07) is 10.0. The molecule has 2 unspecified atom stereocenters. The van der Waals surface area contributed by atoms with E-state index in [0.717, 1.165) is 17.6 Å². The predicted octanol–water partition coefficient (Wildman–Crippen LogP) is 4.99. The molecule has 0 bridgehead atoms. The van der Waals surface area contributed by atoms with Crippen LogP contribution in [0.1, 0.15) is 31.7 Å². The number of hydrogen-bond donors (Lipinski definition) is 2. The lowest BCUT2D eigenvalue weighted by Gasteiger charge is -2.17. The van der Waals surface area contributed by atoms with Gasteiger partial charge >= 0.3 is 0 Å². The minimum Gasteiger partial charge on any atom is -0.399 e. The fraction of sp³-hybridized carbons (Fsp3) is 0.227. The van der Waals surface area contributed by atoms with Gasteiger partial charge in [0.2, 0.25) is 0 Å². The van der Waals surface area contributed by atoms with Crippen molar-refractivity contribution in [3.63, 3.8) is 0 Å². The number of nitrogen functional groups attached to an aromatic ring is 1. The second-order valence-electron chi connectivity index (χ2n) is 6.19. The van der Waals surface area contributed by atoms with Crippen molar-refractivity contribution in [3.8, 4) is 6.07 Å². The third-order valence-electron chi connectivity index (χ3n) is 4.18. The summed E-state index contributed by atoms with van der Waals surface area (Å²) in [6.07, 6.45) is 11.9. The van der Waals surface area contributed by atoms with Crippen LogP contribution in [0.5, 0.6) is 0 Å². The Balaban J connectivity index is 3.15. The van der Waals surface area contributed by atoms with Gasteiger partial charge in [0.1, 0.15) is 0 Å². The van der Waals surface area contributed by atoms with Crippen LogP contribution >= 0.6 is 0 Å². The average Bonchev–Trinajstić information content (AvgIpc) is 2.63. The Morgan fingerprint density at radius 1 is 1.36 bits per heavy atom. The molecular weight excluding hydrogens is 306 g/mol. The van der Waals surface area contributed by atoms with E-state index < -0.39 is 5.41 Å². The summed E-state index contributed by atoms with van der Waals surface area (Å²) < 4.78 is 0. The summed E-state index contributed by atoms with van der Waals surface area (Å²) in [7, 11) is 0. The highest BCUT2D eigenvalue weighted by Gasteiger charge is 2.18. The van der Waals surface area contributed by atoms with Crippen molar-refractivity contribution < 1.29 is 0 Å². The van der Waals surface area contributed by atoms with E-state index in [4.69, 9.17) is 11.5 Å². The van der Waals surface area contributed by atoms with Crippen molar-refractivity contribution >= 4 is 5.69 Å². The van der Waals surface area contributed by atoms with Crippen LogP contribution in [0, 0.1) is 16.7 Å². The van der Waals surface area contributed by atoms with Crippen molar-refractivity contribution in [2.75, 3.05) is 5.73 Å². The quantitative estimate of drug-likeness (QED) is 0.520. The highest BCUT2D eigenvalue weighted by atomic mass is 14.5. The average molecular weight is 333 g/mol. The smallest absolute Gasteiger partial charge is 0.0728 e. The Labute approximate surface area is 151 Å². The lowest BCUT2D eigenvalue weighted by atomic mass is 9.85. The van der Waals surface area contributed by atoms with Crippen molar-refractivity contribution in [1.29, 1.82) is 5.26 Å². The zero-order valence-electron chi connectivity index (χ0n) is 15.1. The maximum absolute atomic E-state index is 9.32. The number of nitrogens with zero attached hydrogens (tertiary/aromatic N) is 1. The normalized spacial score (nSPS) is 15.6. The summed E-state index contributed by atoms with van der Waals surface area (Å²) in [5.41, 5.74) is 14.3. The van der Waals surface area contributed by atoms with Gasteiger partial charge in [0.25, 0.3) is 0 Å². The van der Waals surface area contributed by atoms with Crippen LogP contribution in [-0.4, -0.2) is 0 Å². The summed E-state index contributed by atoms with van der Waals surface area (Å²) in [5.74, 6) is -0.0366. The van der Waals surface area contributed by atoms with Crippen molar-refractivity contribution in [2.45, 2.75) is 26.2 Å². The minimum absolute atomic E-state index is 0.0366. The van der Waals surface area contributed by atoms with Crippen LogP contribution in [0.2, 0.25) is 0 Å². The van der Waals surface area contributed by atoms with Gasteiger partial charge in [-0.05, 0) is 48.8 Å². The molecule has 1 rings (SSSR count). The van der Waals surface area contributed by atoms with Gasteiger partial charge in [-0.25, -0.2) is 0 Å². The number of hydrogen-bond acceptors (Lipinski definition) is 3. The molecule has 130 valence electrons. The maximum atomic E-state index is 9.32. The van der Waals surface area contributed by atoms with E-state index in [0.29, 0.717) is 11.4 Å². The highest BCUT2D eigenvalue weighted by Crippen LogP contribution is 2.29. The molecule has 0 aliphatic rings. The van der Waals surface area contributed by atoms with Gasteiger partial charge in [0.15, 0.2) is 0 Å². The van der Waals surface area contributed by atoms with E-state index >= 15 is 0 Å². The number of nitrogens with two attached hydrogens (primary N) is 2. The van der Waals surface area contributed by atoms with Crippen LogP contribution in [0.15, 0.2) is 85.1 Å². The van der Waals surface area contributed by atoms with Crippen LogP contribution in [0.25, 0.3) is 0 Å². The van der Waals surface area contributed by atoms with E-state index in [9.17, 15) is 5.26 Å². The monoisotopic (exact) mass is 333 g/mol. The number of rotatable bonds is 8. The first-order valence-electron chi connectivity index (χ1n) is 8.26. The fourth-order valence-corrected chi connectivity index (χ4v) is 2.13. The fourth-order valence-electron chi connectivity index (χ4n) is 2.13. The van der Waals surface area contributed by atoms with Crippen LogP contribution in [0.4, 0.5) is 5.69 Å². The van der Waals surface area contributed by atoms with Gasteiger partial charge in [-0.15, -0.1) is 0 Å². The SMILES string of the molecule is C=C/C(N)=C\C=C\C(C(=C)/C=C\C(C)(C#N)CC)c1ccc(N)cc1. The lowest BCUT2D eigenvalue weighted by molar-refractivity contribution is 0.545. The first-order chi connectivity index (χ1) is 11.8. The van der Waals surface area contributed by atoms with E-state index in [-0.39, 0.29) is 5.92 Å². The molecule has 4 N–H and O–H groups in total. The molecule has 0 saturated heterocycles. The molecule has 3 nitrogen and oxygen atoms in total. The Bertz CT molecular complexity index is 730. The van der Waals surface area contributed by atoms with E-state index in [1.165, 1.54) is 0 Å². The number of nitriles is 1. The number of benzene rings is 1. The molecule has 0 saturated carbocycles. The number of anilines is 1. The first-order valence-corrected chi connectivity index (χ1v) is 8.26. The molecule has 0 spiro atoms. The molecule has 0 aliphatic carbocycles. The summed E-state index contributed by atoms with van der Waals surface area (Å²) in [4.78, 5) is 0. The molecule has 0 fully saturated rings. The topological polar surface area (TPSA) is 75.8 Å². The van der Waals surface area contributed by atoms with Crippen LogP contribution in [-0.2, 0) is 0 Å². The Morgan fingerprint density at radius 2 is 2.00 bits per heavy atom. The zero-order valence-corrected chi connectivity index (χ0v) is 15.1. The summed E-state index contributed by atoms with van der Waals surface area (Å²) in [6.45, 7) is 11.7. The highest BCUT2D eigenvalue weighted by molar-refractivity contribution is 5.45. The van der Waals surface area contributed by atoms with E-state index in [2.05, 4.69) is 19.2 Å². The molecule has 3 heteroatoms. The lowest BCUT2D eigenvalue weighted by Crippen LogP contribution is -2.08. The standard InChI is InChI=1S/C22H27N3/c1-5-19(24)8-7-9-21(18-10-12-20(25)13-11-18)17(3)14-15-22(4,6-2)16-23/h5,7-15,21H,1,3,6,24-25H2,2,4H3/b9-7+,15-14-,19-8+. The molecular formula is C22H27N3. The molecule has 1 aromatic carbocycles. The molecule has 0 heterocycles. The molecule has 2 atom stereocenters. The molecule has 1 aromatic rings. The molecule has 0 aromatic heterocycles. The van der Waals surface area contributed by atoms with E-state index in [1.54, 1.807) is 12.2 Å². The Hall–Kier alpha value is -2.99.